The summed E-state index contributed by atoms with van der Waals surface area (Å²) in [7, 11) is 1.71. The molecule has 144 valence electrons. The summed E-state index contributed by atoms with van der Waals surface area (Å²) in [5.41, 5.74) is 3.01. The second-order valence-electron chi connectivity index (χ2n) is 7.11. The Balaban J connectivity index is 1.78. The Morgan fingerprint density at radius 3 is 2.83 bits per heavy atom. The molecule has 0 aliphatic carbocycles. The van der Waals surface area contributed by atoms with Crippen molar-refractivity contribution in [1.29, 1.82) is 0 Å². The Bertz CT molecular complexity index is 1340. The first-order valence-corrected chi connectivity index (χ1v) is 9.19. The highest BCUT2D eigenvalue weighted by Gasteiger charge is 2.35. The molecule has 1 atom stereocenters. The number of esters is 1. The van der Waals surface area contributed by atoms with Crippen molar-refractivity contribution < 1.29 is 14.6 Å². The van der Waals surface area contributed by atoms with Gasteiger partial charge in [0.2, 0.25) is 0 Å². The van der Waals surface area contributed by atoms with E-state index in [9.17, 15) is 14.7 Å². The number of H-pyrrole nitrogens is 1. The zero-order chi connectivity index (χ0) is 20.1. The molecule has 4 aromatic rings. The fourth-order valence-electron chi connectivity index (χ4n) is 4.05. The average molecular weight is 387 g/mol. The second kappa shape index (κ2) is 6.34. The number of hydrogen-bond acceptors (Lipinski definition) is 5. The lowest BCUT2D eigenvalue weighted by molar-refractivity contribution is -0.135. The van der Waals surface area contributed by atoms with E-state index in [0.717, 1.165) is 5.56 Å². The maximum Gasteiger partial charge on any atom is 0.312 e. The summed E-state index contributed by atoms with van der Waals surface area (Å²) < 4.78 is 7.13. The minimum absolute atomic E-state index is 0.0337. The molecule has 2 aromatic heterocycles. The molecule has 0 radical (unpaired) electrons. The minimum atomic E-state index is -0.509. The molecule has 0 fully saturated rings. The zero-order valence-electron chi connectivity index (χ0n) is 15.5. The number of hydrogen-bond donors (Lipinski definition) is 2. The van der Waals surface area contributed by atoms with Gasteiger partial charge in [0, 0.05) is 29.5 Å². The molecule has 1 aliphatic heterocycles. The molecule has 3 heterocycles. The van der Waals surface area contributed by atoms with Crippen LogP contribution in [0.25, 0.3) is 22.2 Å². The normalized spacial score (nSPS) is 15.9. The van der Waals surface area contributed by atoms with Crippen LogP contribution in [0.1, 0.15) is 23.5 Å². The van der Waals surface area contributed by atoms with Gasteiger partial charge in [0.1, 0.15) is 11.5 Å². The number of carbonyl (C=O) groups excluding carboxylic acids is 1. The lowest BCUT2D eigenvalue weighted by Gasteiger charge is -2.26. The number of aromatic hydroxyl groups is 1. The van der Waals surface area contributed by atoms with E-state index in [1.807, 2.05) is 30.3 Å². The van der Waals surface area contributed by atoms with Gasteiger partial charge in [-0.2, -0.15) is 5.10 Å². The third-order valence-corrected chi connectivity index (χ3v) is 5.40. The van der Waals surface area contributed by atoms with E-state index in [1.165, 1.54) is 0 Å². The molecule has 2 N–H and O–H groups in total. The predicted octanol–water partition coefficient (Wildman–Crippen LogP) is 3.08. The van der Waals surface area contributed by atoms with Gasteiger partial charge in [-0.25, -0.2) is 0 Å². The summed E-state index contributed by atoms with van der Waals surface area (Å²) in [4.78, 5) is 25.7. The molecular weight excluding hydrogens is 370 g/mol. The fraction of sp³-hybridized carbons (Fsp3) is 0.136. The first kappa shape index (κ1) is 17.2. The summed E-state index contributed by atoms with van der Waals surface area (Å²) >= 11 is 0. The van der Waals surface area contributed by atoms with Crippen molar-refractivity contribution in [3.63, 3.8) is 0 Å². The van der Waals surface area contributed by atoms with Gasteiger partial charge in [-0.15, -0.1) is 0 Å². The molecule has 29 heavy (non-hydrogen) atoms. The van der Waals surface area contributed by atoms with Crippen molar-refractivity contribution in [3.8, 4) is 22.8 Å². The number of fused-ring (bicyclic) bond motifs is 3. The first-order chi connectivity index (χ1) is 14.0. The maximum absolute atomic E-state index is 13.2. The van der Waals surface area contributed by atoms with Crippen molar-refractivity contribution in [2.45, 2.75) is 12.3 Å². The highest BCUT2D eigenvalue weighted by Crippen LogP contribution is 2.42. The van der Waals surface area contributed by atoms with Crippen LogP contribution in [0.3, 0.4) is 0 Å². The summed E-state index contributed by atoms with van der Waals surface area (Å²) in [5.74, 6) is -0.476. The van der Waals surface area contributed by atoms with Gasteiger partial charge < -0.3 is 14.4 Å². The standard InChI is InChI=1S/C22H17N3O4/c1-25-17-8-3-2-7-14(17)21-19(22(25)28)15(10-18(27)29-21)16-11-23-24-20(16)12-5-4-6-13(26)9-12/h2-9,11,15,26H,10H2,1H3,(H,23,24)/t15-/m1/s1. The van der Waals surface area contributed by atoms with E-state index in [4.69, 9.17) is 4.74 Å². The molecule has 0 saturated heterocycles. The number of aromatic amines is 1. The van der Waals surface area contributed by atoms with Gasteiger partial charge in [0.05, 0.1) is 29.4 Å². The van der Waals surface area contributed by atoms with E-state index in [0.29, 0.717) is 33.5 Å². The van der Waals surface area contributed by atoms with Crippen LogP contribution in [0.4, 0.5) is 0 Å². The molecule has 7 nitrogen and oxygen atoms in total. The lowest BCUT2D eigenvalue weighted by Crippen LogP contribution is -2.31. The first-order valence-electron chi connectivity index (χ1n) is 9.19. The number of ether oxygens (including phenoxy) is 1. The van der Waals surface area contributed by atoms with Gasteiger partial charge in [-0.1, -0.05) is 24.3 Å². The Morgan fingerprint density at radius 2 is 2.00 bits per heavy atom. The van der Waals surface area contributed by atoms with Gasteiger partial charge in [-0.05, 0) is 24.3 Å². The molecule has 0 unspecified atom stereocenters. The third-order valence-electron chi connectivity index (χ3n) is 5.40. The van der Waals surface area contributed by atoms with Crippen LogP contribution in [0.15, 0.2) is 59.5 Å². The lowest BCUT2D eigenvalue weighted by atomic mass is 9.85. The third kappa shape index (κ3) is 2.62. The number of benzene rings is 2. The number of rotatable bonds is 2. The van der Waals surface area contributed by atoms with Crippen molar-refractivity contribution in [2.75, 3.05) is 0 Å². The Labute approximate surface area is 165 Å². The summed E-state index contributed by atoms with van der Waals surface area (Å²) in [6, 6.07) is 14.1. The predicted molar refractivity (Wildman–Crippen MR) is 107 cm³/mol. The molecule has 0 amide bonds. The smallest absolute Gasteiger partial charge is 0.312 e. The number of nitrogens with one attached hydrogen (secondary N) is 1. The summed E-state index contributed by atoms with van der Waals surface area (Å²) in [6.45, 7) is 0. The highest BCUT2D eigenvalue weighted by atomic mass is 16.5. The number of nitrogens with zero attached hydrogens (tertiary/aromatic N) is 2. The van der Waals surface area contributed by atoms with Gasteiger partial charge >= 0.3 is 5.97 Å². The fourth-order valence-corrected chi connectivity index (χ4v) is 4.05. The van der Waals surface area contributed by atoms with E-state index in [-0.39, 0.29) is 17.7 Å². The highest BCUT2D eigenvalue weighted by molar-refractivity contribution is 5.92. The van der Waals surface area contributed by atoms with Gasteiger partial charge in [0.15, 0.2) is 0 Å². The quantitative estimate of drug-likeness (QED) is 0.515. The van der Waals surface area contributed by atoms with E-state index >= 15 is 0 Å². The second-order valence-corrected chi connectivity index (χ2v) is 7.11. The van der Waals surface area contributed by atoms with Gasteiger partial charge in [-0.3, -0.25) is 14.7 Å². The Kier molecular flexibility index (Phi) is 3.77. The van der Waals surface area contributed by atoms with Crippen LogP contribution in [-0.2, 0) is 11.8 Å². The van der Waals surface area contributed by atoms with E-state index in [2.05, 4.69) is 10.2 Å². The SMILES string of the molecule is Cn1c(=O)c2c(c3ccccc31)OC(=O)C[C@@H]2c1cn[nH]c1-c1cccc(O)c1. The number of aromatic nitrogens is 3. The number of carbonyl (C=O) groups is 1. The molecule has 7 heteroatoms. The molecule has 0 saturated carbocycles. The van der Waals surface area contributed by atoms with Crippen LogP contribution in [-0.4, -0.2) is 25.8 Å². The summed E-state index contributed by atoms with van der Waals surface area (Å²) in [6.07, 6.45) is 1.66. The number of pyridine rings is 1. The maximum atomic E-state index is 13.2. The van der Waals surface area contributed by atoms with Crippen molar-refractivity contribution in [2.24, 2.45) is 7.05 Å². The molecule has 5 rings (SSSR count). The van der Waals surface area contributed by atoms with Crippen molar-refractivity contribution in [1.82, 2.24) is 14.8 Å². The Morgan fingerprint density at radius 1 is 1.17 bits per heavy atom. The van der Waals surface area contributed by atoms with Gasteiger partial charge in [0.25, 0.3) is 5.56 Å². The number of para-hydroxylation sites is 1. The largest absolute Gasteiger partial charge is 0.508 e. The number of aryl methyl sites for hydroxylation is 1. The van der Waals surface area contributed by atoms with Crippen LogP contribution in [0, 0.1) is 0 Å². The van der Waals surface area contributed by atoms with Crippen LogP contribution < -0.4 is 10.3 Å². The molecule has 2 aromatic carbocycles. The summed E-state index contributed by atoms with van der Waals surface area (Å²) in [5, 5.41) is 17.7. The van der Waals surface area contributed by atoms with Crippen LogP contribution in [0.2, 0.25) is 0 Å². The van der Waals surface area contributed by atoms with E-state index in [1.54, 1.807) is 36.0 Å². The number of phenols is 1. The van der Waals surface area contributed by atoms with Crippen LogP contribution in [0.5, 0.6) is 11.5 Å². The minimum Gasteiger partial charge on any atom is -0.508 e. The zero-order valence-corrected chi connectivity index (χ0v) is 15.5. The van der Waals surface area contributed by atoms with Crippen molar-refractivity contribution in [3.05, 3.63) is 76.2 Å². The Hall–Kier alpha value is -3.87. The molecule has 0 spiro atoms. The molecule has 0 bridgehead atoms. The van der Waals surface area contributed by atoms with E-state index < -0.39 is 11.9 Å². The van der Waals surface area contributed by atoms with Crippen molar-refractivity contribution >= 4 is 16.9 Å². The average Bonchev–Trinajstić information content (AvgIpc) is 3.21. The number of phenolic OH excluding ortho intramolecular Hbond substituents is 1. The topological polar surface area (TPSA) is 97.2 Å². The molecule has 1 aliphatic rings. The monoisotopic (exact) mass is 387 g/mol. The molecular formula is C22H17N3O4. The van der Waals surface area contributed by atoms with Crippen LogP contribution >= 0.6 is 0 Å².